The molecule has 0 saturated heterocycles. The molecule has 1 aliphatic heterocycles. The Bertz CT molecular complexity index is 804. The summed E-state index contributed by atoms with van der Waals surface area (Å²) in [5.41, 5.74) is 3.40. The van der Waals surface area contributed by atoms with E-state index in [9.17, 15) is 4.79 Å². The first-order valence-corrected chi connectivity index (χ1v) is 7.74. The molecule has 0 aromatic heterocycles. The van der Waals surface area contributed by atoms with Crippen LogP contribution in [-0.2, 0) is 4.79 Å². The first kappa shape index (κ1) is 13.4. The molecule has 2 aliphatic rings. The first-order valence-electron chi connectivity index (χ1n) is 7.74. The van der Waals surface area contributed by atoms with Gasteiger partial charge in [-0.15, -0.1) is 0 Å². The molecule has 1 heterocycles. The van der Waals surface area contributed by atoms with Gasteiger partial charge in [0.25, 0.3) is 0 Å². The molecule has 3 heteroatoms. The van der Waals surface area contributed by atoms with Gasteiger partial charge in [-0.05, 0) is 53.1 Å². The molecule has 1 atom stereocenters. The Hall–Kier alpha value is -2.29. The van der Waals surface area contributed by atoms with Crippen LogP contribution in [-0.4, -0.2) is 26.0 Å². The summed E-state index contributed by atoms with van der Waals surface area (Å²) in [6.45, 7) is 0. The number of anilines is 1. The second-order valence-corrected chi connectivity index (χ2v) is 6.40. The van der Waals surface area contributed by atoms with E-state index in [1.165, 1.54) is 16.5 Å². The summed E-state index contributed by atoms with van der Waals surface area (Å²) >= 11 is 0. The zero-order valence-corrected chi connectivity index (χ0v) is 12.9. The van der Waals surface area contributed by atoms with Gasteiger partial charge in [-0.1, -0.05) is 6.07 Å². The number of benzene rings is 2. The van der Waals surface area contributed by atoms with Gasteiger partial charge in [-0.25, -0.2) is 0 Å². The average molecular weight is 293 g/mol. The number of fused-ring (bicyclic) bond motifs is 3. The normalized spacial score (nSPS) is 20.0. The highest BCUT2D eigenvalue weighted by molar-refractivity contribution is 5.91. The van der Waals surface area contributed by atoms with Gasteiger partial charge in [0.1, 0.15) is 17.6 Å². The first-order chi connectivity index (χ1) is 10.6. The van der Waals surface area contributed by atoms with E-state index in [1.54, 1.807) is 0 Å². The van der Waals surface area contributed by atoms with Crippen molar-refractivity contribution in [2.24, 2.45) is 0 Å². The smallest absolute Gasteiger partial charge is 0.137 e. The van der Waals surface area contributed by atoms with Crippen LogP contribution in [0.3, 0.4) is 0 Å². The number of carbonyl (C=O) groups is 1. The monoisotopic (exact) mass is 293 g/mol. The van der Waals surface area contributed by atoms with Gasteiger partial charge in [-0.3, -0.25) is 4.79 Å². The molecule has 0 bridgehead atoms. The molecular formula is C19H19NO2. The minimum atomic E-state index is 0.0830. The van der Waals surface area contributed by atoms with Crippen LogP contribution in [0.25, 0.3) is 16.8 Å². The zero-order valence-electron chi connectivity index (χ0n) is 12.9. The largest absolute Gasteiger partial charge is 0.485 e. The highest BCUT2D eigenvalue weighted by atomic mass is 16.5. The molecule has 4 rings (SSSR count). The minimum Gasteiger partial charge on any atom is -0.485 e. The average Bonchev–Trinajstić information content (AvgIpc) is 2.50. The van der Waals surface area contributed by atoms with Crippen molar-refractivity contribution < 1.29 is 9.53 Å². The molecular weight excluding hydrogens is 274 g/mol. The molecule has 22 heavy (non-hydrogen) atoms. The number of carbonyl (C=O) groups excluding carboxylic acids is 1. The molecule has 1 saturated carbocycles. The Balaban J connectivity index is 1.81. The standard InChI is InChI=1S/C19H19NO2/c1-20(2)16-4-3-12-7-14-8-15-10-17(21)5-6-18(15)22-19(14)11-13(12)9-16/h3-4,7-9,11,18H,5-6,10H2,1-2H3. The van der Waals surface area contributed by atoms with Crippen LogP contribution < -0.4 is 9.64 Å². The maximum Gasteiger partial charge on any atom is 0.137 e. The van der Waals surface area contributed by atoms with Crippen molar-refractivity contribution in [2.45, 2.75) is 25.4 Å². The lowest BCUT2D eigenvalue weighted by molar-refractivity contribution is -0.120. The number of hydrogen-bond donors (Lipinski definition) is 0. The van der Waals surface area contributed by atoms with Crippen LogP contribution in [0.1, 0.15) is 24.8 Å². The maximum atomic E-state index is 11.6. The number of Topliss-reactive ketones (excluding diaryl/α,β-unsaturated/α-hetero) is 1. The van der Waals surface area contributed by atoms with Gasteiger partial charge in [-0.2, -0.15) is 0 Å². The highest BCUT2D eigenvalue weighted by Crippen LogP contribution is 2.38. The van der Waals surface area contributed by atoms with E-state index in [-0.39, 0.29) is 6.10 Å². The van der Waals surface area contributed by atoms with Crippen molar-refractivity contribution in [1.29, 1.82) is 0 Å². The quantitative estimate of drug-likeness (QED) is 0.801. The summed E-state index contributed by atoms with van der Waals surface area (Å²) in [6.07, 6.45) is 4.22. The molecule has 0 spiro atoms. The van der Waals surface area contributed by atoms with Crippen molar-refractivity contribution in [3.63, 3.8) is 0 Å². The predicted molar refractivity (Wildman–Crippen MR) is 89.5 cm³/mol. The second kappa shape index (κ2) is 4.87. The summed E-state index contributed by atoms with van der Waals surface area (Å²) in [4.78, 5) is 13.7. The molecule has 0 amide bonds. The van der Waals surface area contributed by atoms with Crippen molar-refractivity contribution in [3.05, 3.63) is 41.5 Å². The van der Waals surface area contributed by atoms with Gasteiger partial charge in [0.15, 0.2) is 0 Å². The molecule has 112 valence electrons. The second-order valence-electron chi connectivity index (χ2n) is 6.40. The van der Waals surface area contributed by atoms with Gasteiger partial charge in [0.2, 0.25) is 0 Å². The minimum absolute atomic E-state index is 0.0830. The van der Waals surface area contributed by atoms with E-state index >= 15 is 0 Å². The molecule has 2 aromatic carbocycles. The Kier molecular flexibility index (Phi) is 2.96. The fourth-order valence-corrected chi connectivity index (χ4v) is 3.31. The Morgan fingerprint density at radius 3 is 2.82 bits per heavy atom. The van der Waals surface area contributed by atoms with Crippen molar-refractivity contribution >= 4 is 28.3 Å². The number of hydrogen-bond acceptors (Lipinski definition) is 3. The third-order valence-corrected chi connectivity index (χ3v) is 4.58. The van der Waals surface area contributed by atoms with E-state index in [2.05, 4.69) is 41.3 Å². The third kappa shape index (κ3) is 2.17. The third-order valence-electron chi connectivity index (χ3n) is 4.58. The maximum absolute atomic E-state index is 11.6. The zero-order chi connectivity index (χ0) is 15.3. The Morgan fingerprint density at radius 2 is 2.00 bits per heavy atom. The lowest BCUT2D eigenvalue weighted by Crippen LogP contribution is -2.29. The van der Waals surface area contributed by atoms with Crippen LogP contribution in [0.15, 0.2) is 35.9 Å². The van der Waals surface area contributed by atoms with E-state index in [0.29, 0.717) is 18.6 Å². The van der Waals surface area contributed by atoms with Gasteiger partial charge < -0.3 is 9.64 Å². The predicted octanol–water partition coefficient (Wildman–Crippen LogP) is 3.80. The van der Waals surface area contributed by atoms with Gasteiger partial charge >= 0.3 is 0 Å². The topological polar surface area (TPSA) is 29.5 Å². The van der Waals surface area contributed by atoms with E-state index in [0.717, 1.165) is 23.3 Å². The van der Waals surface area contributed by atoms with Gasteiger partial charge in [0.05, 0.1) is 0 Å². The summed E-state index contributed by atoms with van der Waals surface area (Å²) < 4.78 is 6.16. The number of ether oxygens (including phenoxy) is 1. The molecule has 1 fully saturated rings. The SMILES string of the molecule is CN(C)c1ccc2cc3c(cc2c1)OC1CCC(=O)CC1=C3. The fourth-order valence-electron chi connectivity index (χ4n) is 3.31. The lowest BCUT2D eigenvalue weighted by Gasteiger charge is -2.30. The molecule has 0 N–H and O–H groups in total. The molecule has 0 radical (unpaired) electrons. The molecule has 3 nitrogen and oxygen atoms in total. The summed E-state index contributed by atoms with van der Waals surface area (Å²) in [5.74, 6) is 1.26. The highest BCUT2D eigenvalue weighted by Gasteiger charge is 2.29. The molecule has 2 aromatic rings. The van der Waals surface area contributed by atoms with Crippen molar-refractivity contribution in [3.8, 4) is 5.75 Å². The number of rotatable bonds is 1. The number of nitrogens with zero attached hydrogens (tertiary/aromatic N) is 1. The van der Waals surface area contributed by atoms with E-state index < -0.39 is 0 Å². The lowest BCUT2D eigenvalue weighted by atomic mass is 9.87. The van der Waals surface area contributed by atoms with Gasteiger partial charge in [0, 0.05) is 38.2 Å². The van der Waals surface area contributed by atoms with Crippen LogP contribution in [0.2, 0.25) is 0 Å². The van der Waals surface area contributed by atoms with Crippen molar-refractivity contribution in [1.82, 2.24) is 0 Å². The van der Waals surface area contributed by atoms with E-state index in [1.807, 2.05) is 14.1 Å². The number of ketones is 1. The van der Waals surface area contributed by atoms with Crippen LogP contribution in [0.4, 0.5) is 5.69 Å². The van der Waals surface area contributed by atoms with Crippen LogP contribution in [0.5, 0.6) is 5.75 Å². The molecule has 1 aliphatic carbocycles. The van der Waals surface area contributed by atoms with Crippen molar-refractivity contribution in [2.75, 3.05) is 19.0 Å². The van der Waals surface area contributed by atoms with Crippen LogP contribution in [0, 0.1) is 0 Å². The fraction of sp³-hybridized carbons (Fsp3) is 0.316. The van der Waals surface area contributed by atoms with Crippen LogP contribution >= 0.6 is 0 Å². The van der Waals surface area contributed by atoms with E-state index in [4.69, 9.17) is 4.74 Å². The Morgan fingerprint density at radius 1 is 1.14 bits per heavy atom. The summed E-state index contributed by atoms with van der Waals surface area (Å²) in [7, 11) is 4.09. The summed E-state index contributed by atoms with van der Waals surface area (Å²) in [5, 5.41) is 2.39. The molecule has 1 unspecified atom stereocenters. The Labute approximate surface area is 130 Å². The summed E-state index contributed by atoms with van der Waals surface area (Å²) in [6, 6.07) is 10.7.